The molecule has 0 aliphatic heterocycles. The predicted octanol–water partition coefficient (Wildman–Crippen LogP) is 3.03. The lowest BCUT2D eigenvalue weighted by atomic mass is 10.1. The van der Waals surface area contributed by atoms with Gasteiger partial charge in [-0.15, -0.1) is 0 Å². The highest BCUT2D eigenvalue weighted by atomic mass is 35.5. The van der Waals surface area contributed by atoms with Crippen LogP contribution in [0.15, 0.2) is 36.7 Å². The van der Waals surface area contributed by atoms with E-state index in [1.807, 2.05) is 0 Å². The van der Waals surface area contributed by atoms with Crippen molar-refractivity contribution in [2.45, 2.75) is 6.61 Å². The standard InChI is InChI=1S/C12H9ClFNO/c13-12-2-1-10(14)4-11(12)9-3-8(7-16)5-15-6-9/h1-6,16H,7H2. The Balaban J connectivity index is 2.53. The minimum atomic E-state index is -0.353. The molecule has 0 amide bonds. The van der Waals surface area contributed by atoms with Crippen molar-refractivity contribution in [1.29, 1.82) is 0 Å². The second-order valence-electron chi connectivity index (χ2n) is 3.36. The van der Waals surface area contributed by atoms with Gasteiger partial charge in [-0.2, -0.15) is 0 Å². The predicted molar refractivity (Wildman–Crippen MR) is 60.6 cm³/mol. The molecule has 2 rings (SSSR count). The van der Waals surface area contributed by atoms with E-state index in [1.165, 1.54) is 18.2 Å². The molecule has 2 nitrogen and oxygen atoms in total. The highest BCUT2D eigenvalue weighted by Gasteiger charge is 2.06. The van der Waals surface area contributed by atoms with Crippen LogP contribution < -0.4 is 0 Å². The Morgan fingerprint density at radius 3 is 2.81 bits per heavy atom. The van der Waals surface area contributed by atoms with Gasteiger partial charge in [0.05, 0.1) is 6.61 Å². The number of hydrogen-bond acceptors (Lipinski definition) is 2. The van der Waals surface area contributed by atoms with Crippen molar-refractivity contribution >= 4 is 11.6 Å². The van der Waals surface area contributed by atoms with Crippen LogP contribution in [0.25, 0.3) is 11.1 Å². The van der Waals surface area contributed by atoms with Crippen LogP contribution >= 0.6 is 11.6 Å². The van der Waals surface area contributed by atoms with Gasteiger partial charge in [0, 0.05) is 28.5 Å². The van der Waals surface area contributed by atoms with Gasteiger partial charge >= 0.3 is 0 Å². The maximum absolute atomic E-state index is 13.1. The van der Waals surface area contributed by atoms with Gasteiger partial charge in [0.2, 0.25) is 0 Å². The van der Waals surface area contributed by atoms with Crippen molar-refractivity contribution < 1.29 is 9.50 Å². The van der Waals surface area contributed by atoms with Crippen LogP contribution in [0.2, 0.25) is 5.02 Å². The third-order valence-corrected chi connectivity index (χ3v) is 2.55. The first kappa shape index (κ1) is 11.0. The summed E-state index contributed by atoms with van der Waals surface area (Å²) in [5.41, 5.74) is 1.93. The van der Waals surface area contributed by atoms with Gasteiger partial charge in [0.15, 0.2) is 0 Å². The lowest BCUT2D eigenvalue weighted by Gasteiger charge is -2.05. The minimum Gasteiger partial charge on any atom is -0.392 e. The molecule has 0 bridgehead atoms. The molecular weight excluding hydrogens is 229 g/mol. The first-order valence-corrected chi connectivity index (χ1v) is 5.08. The van der Waals surface area contributed by atoms with Crippen molar-refractivity contribution in [3.63, 3.8) is 0 Å². The number of aliphatic hydroxyl groups excluding tert-OH is 1. The van der Waals surface area contributed by atoms with Gasteiger partial charge in [-0.25, -0.2) is 4.39 Å². The van der Waals surface area contributed by atoms with Crippen LogP contribution in [0.1, 0.15) is 5.56 Å². The zero-order valence-electron chi connectivity index (χ0n) is 8.32. The van der Waals surface area contributed by atoms with E-state index in [2.05, 4.69) is 4.98 Å². The Hall–Kier alpha value is -1.45. The molecule has 0 atom stereocenters. The maximum Gasteiger partial charge on any atom is 0.123 e. The molecule has 0 fully saturated rings. The zero-order valence-corrected chi connectivity index (χ0v) is 9.08. The Morgan fingerprint density at radius 1 is 1.25 bits per heavy atom. The first-order valence-electron chi connectivity index (χ1n) is 4.71. The molecule has 0 aliphatic rings. The summed E-state index contributed by atoms with van der Waals surface area (Å²) >= 11 is 5.97. The number of halogens is 2. The van der Waals surface area contributed by atoms with Crippen LogP contribution in [-0.4, -0.2) is 10.1 Å². The third-order valence-electron chi connectivity index (χ3n) is 2.22. The van der Waals surface area contributed by atoms with Gasteiger partial charge in [-0.1, -0.05) is 11.6 Å². The monoisotopic (exact) mass is 237 g/mol. The summed E-state index contributed by atoms with van der Waals surface area (Å²) in [6.45, 7) is -0.103. The normalized spacial score (nSPS) is 10.4. The van der Waals surface area contributed by atoms with E-state index in [0.29, 0.717) is 21.7 Å². The number of rotatable bonds is 2. The van der Waals surface area contributed by atoms with Crippen LogP contribution in [0.3, 0.4) is 0 Å². The second kappa shape index (κ2) is 4.60. The van der Waals surface area contributed by atoms with E-state index in [9.17, 15) is 4.39 Å². The third kappa shape index (κ3) is 2.21. The molecule has 0 unspecified atom stereocenters. The molecular formula is C12H9ClFNO. The average molecular weight is 238 g/mol. The van der Waals surface area contributed by atoms with E-state index in [0.717, 1.165) is 0 Å². The molecule has 2 aromatic rings. The summed E-state index contributed by atoms with van der Waals surface area (Å²) in [7, 11) is 0. The summed E-state index contributed by atoms with van der Waals surface area (Å²) in [6.07, 6.45) is 3.14. The summed E-state index contributed by atoms with van der Waals surface area (Å²) in [4.78, 5) is 3.96. The molecule has 4 heteroatoms. The lowest BCUT2D eigenvalue weighted by Crippen LogP contribution is -1.88. The van der Waals surface area contributed by atoms with E-state index in [1.54, 1.807) is 18.5 Å². The Kier molecular flexibility index (Phi) is 3.17. The first-order chi connectivity index (χ1) is 7.70. The van der Waals surface area contributed by atoms with E-state index >= 15 is 0 Å². The van der Waals surface area contributed by atoms with E-state index < -0.39 is 0 Å². The lowest BCUT2D eigenvalue weighted by molar-refractivity contribution is 0.281. The van der Waals surface area contributed by atoms with Crippen molar-refractivity contribution in [3.8, 4) is 11.1 Å². The molecule has 0 aliphatic carbocycles. The number of hydrogen-bond donors (Lipinski definition) is 1. The summed E-state index contributed by atoms with van der Waals surface area (Å²) in [6, 6.07) is 5.88. The zero-order chi connectivity index (χ0) is 11.5. The molecule has 16 heavy (non-hydrogen) atoms. The van der Waals surface area contributed by atoms with Gasteiger partial charge in [-0.3, -0.25) is 4.98 Å². The van der Waals surface area contributed by atoms with Gasteiger partial charge in [-0.05, 0) is 29.8 Å². The van der Waals surface area contributed by atoms with Gasteiger partial charge in [0.1, 0.15) is 5.82 Å². The fourth-order valence-electron chi connectivity index (χ4n) is 1.44. The van der Waals surface area contributed by atoms with Crippen molar-refractivity contribution in [2.24, 2.45) is 0 Å². The SMILES string of the molecule is OCc1cncc(-c2cc(F)ccc2Cl)c1. The summed E-state index contributed by atoms with van der Waals surface area (Å²) in [5.74, 6) is -0.353. The Morgan fingerprint density at radius 2 is 2.06 bits per heavy atom. The topological polar surface area (TPSA) is 33.1 Å². The fraction of sp³-hybridized carbons (Fsp3) is 0.0833. The molecule has 82 valence electrons. The quantitative estimate of drug-likeness (QED) is 0.871. The van der Waals surface area contributed by atoms with Crippen LogP contribution in [0.4, 0.5) is 4.39 Å². The highest BCUT2D eigenvalue weighted by Crippen LogP contribution is 2.28. The molecule has 0 spiro atoms. The molecule has 1 aromatic heterocycles. The number of pyridine rings is 1. The molecule has 0 saturated carbocycles. The van der Waals surface area contributed by atoms with E-state index in [-0.39, 0.29) is 12.4 Å². The highest BCUT2D eigenvalue weighted by molar-refractivity contribution is 6.33. The number of aromatic nitrogens is 1. The van der Waals surface area contributed by atoms with Gasteiger partial charge < -0.3 is 5.11 Å². The summed E-state index contributed by atoms with van der Waals surface area (Å²) in [5, 5.41) is 9.44. The maximum atomic E-state index is 13.1. The molecule has 1 heterocycles. The second-order valence-corrected chi connectivity index (χ2v) is 3.77. The fourth-order valence-corrected chi connectivity index (χ4v) is 1.67. The molecule has 0 radical (unpaired) electrons. The van der Waals surface area contributed by atoms with Gasteiger partial charge in [0.25, 0.3) is 0 Å². The van der Waals surface area contributed by atoms with E-state index in [4.69, 9.17) is 16.7 Å². The number of benzene rings is 1. The average Bonchev–Trinajstić information content (AvgIpc) is 2.32. The van der Waals surface area contributed by atoms with Crippen LogP contribution in [0, 0.1) is 5.82 Å². The molecule has 1 N–H and O–H groups in total. The van der Waals surface area contributed by atoms with Crippen LogP contribution in [0.5, 0.6) is 0 Å². The number of nitrogens with zero attached hydrogens (tertiary/aromatic N) is 1. The van der Waals surface area contributed by atoms with Crippen molar-refractivity contribution in [3.05, 3.63) is 53.1 Å². The number of aliphatic hydroxyl groups is 1. The Bertz CT molecular complexity index is 516. The molecule has 1 aromatic carbocycles. The summed E-state index contributed by atoms with van der Waals surface area (Å²) < 4.78 is 13.1. The Labute approximate surface area is 97.3 Å². The smallest absolute Gasteiger partial charge is 0.123 e. The van der Waals surface area contributed by atoms with Crippen molar-refractivity contribution in [2.75, 3.05) is 0 Å². The molecule has 0 saturated heterocycles. The van der Waals surface area contributed by atoms with Crippen LogP contribution in [-0.2, 0) is 6.61 Å². The van der Waals surface area contributed by atoms with Crippen molar-refractivity contribution in [1.82, 2.24) is 4.98 Å². The largest absolute Gasteiger partial charge is 0.392 e. The minimum absolute atomic E-state index is 0.103.